The predicted octanol–water partition coefficient (Wildman–Crippen LogP) is 3.99. The summed E-state index contributed by atoms with van der Waals surface area (Å²) in [6.07, 6.45) is 5.13. The number of amides is 3. The average molecular weight is 524 g/mol. The van der Waals surface area contributed by atoms with Gasteiger partial charge >= 0.3 is 0 Å². The molecule has 37 heavy (non-hydrogen) atoms. The van der Waals surface area contributed by atoms with Gasteiger partial charge in [0, 0.05) is 47.1 Å². The maximum atomic E-state index is 13.7. The number of hydrogen-bond donors (Lipinski definition) is 2. The van der Waals surface area contributed by atoms with Gasteiger partial charge in [-0.3, -0.25) is 19.7 Å². The number of piperidine rings is 2. The Balaban J connectivity index is 1.25. The summed E-state index contributed by atoms with van der Waals surface area (Å²) < 4.78 is 20.2. The highest BCUT2D eigenvalue weighted by Gasteiger charge is 2.63. The number of halogens is 2. The van der Waals surface area contributed by atoms with Crippen LogP contribution in [0, 0.1) is 11.7 Å². The molecule has 2 atom stereocenters. The molecule has 2 saturated carbocycles. The second kappa shape index (κ2) is 8.27. The van der Waals surface area contributed by atoms with Crippen LogP contribution in [0.2, 0.25) is 5.02 Å². The topological polar surface area (TPSA) is 87.7 Å². The van der Waals surface area contributed by atoms with Gasteiger partial charge in [0.2, 0.25) is 5.91 Å². The van der Waals surface area contributed by atoms with E-state index in [0.29, 0.717) is 36.5 Å². The maximum Gasteiger partial charge on any atom is 0.255 e. The normalized spacial score (nSPS) is 30.6. The maximum absolute atomic E-state index is 13.7. The quantitative estimate of drug-likeness (QED) is 0.579. The van der Waals surface area contributed by atoms with Crippen LogP contribution in [0.4, 0.5) is 4.39 Å². The van der Waals surface area contributed by atoms with Crippen LogP contribution in [-0.2, 0) is 16.1 Å². The van der Waals surface area contributed by atoms with Crippen LogP contribution in [-0.4, -0.2) is 40.8 Å². The van der Waals surface area contributed by atoms with Gasteiger partial charge in [0.25, 0.3) is 11.8 Å². The second-order valence-electron chi connectivity index (χ2n) is 11.1. The first-order valence-electron chi connectivity index (χ1n) is 13.0. The van der Waals surface area contributed by atoms with E-state index in [1.165, 1.54) is 12.1 Å². The molecule has 3 saturated heterocycles. The zero-order valence-electron chi connectivity index (χ0n) is 20.2. The monoisotopic (exact) mass is 523 g/mol. The summed E-state index contributed by atoms with van der Waals surface area (Å²) in [7, 11) is 0. The Kier molecular flexibility index (Phi) is 5.18. The molecule has 2 aromatic rings. The molecule has 2 N–H and O–H groups in total. The highest BCUT2D eigenvalue weighted by molar-refractivity contribution is 6.31. The minimum atomic E-state index is -0.958. The van der Waals surface area contributed by atoms with Gasteiger partial charge in [-0.25, -0.2) is 4.39 Å². The lowest BCUT2D eigenvalue weighted by molar-refractivity contribution is -0.160. The first-order chi connectivity index (χ1) is 17.8. The predicted molar refractivity (Wildman–Crippen MR) is 133 cm³/mol. The van der Waals surface area contributed by atoms with Crippen molar-refractivity contribution in [3.8, 4) is 5.75 Å². The van der Waals surface area contributed by atoms with E-state index in [1.54, 1.807) is 11.0 Å². The number of nitrogens with zero attached hydrogens (tertiary/aromatic N) is 1. The molecule has 4 heterocycles. The van der Waals surface area contributed by atoms with Crippen molar-refractivity contribution in [2.24, 2.45) is 5.92 Å². The molecule has 0 aromatic heterocycles. The lowest BCUT2D eigenvalue weighted by atomic mass is 9.63. The second-order valence-corrected chi connectivity index (χ2v) is 11.5. The Morgan fingerprint density at radius 2 is 1.84 bits per heavy atom. The summed E-state index contributed by atoms with van der Waals surface area (Å²) >= 11 is 6.41. The number of nitrogens with one attached hydrogen (secondary N) is 2. The summed E-state index contributed by atoms with van der Waals surface area (Å²) in [4.78, 5) is 40.1. The van der Waals surface area contributed by atoms with E-state index in [1.807, 2.05) is 12.1 Å². The molecule has 7 nitrogen and oxygen atoms in total. The molecular formula is C28H27ClFN3O4. The van der Waals surface area contributed by atoms with Crippen LogP contribution in [0.1, 0.15) is 77.5 Å². The number of fused-ring (bicyclic) bond motifs is 3. The molecule has 2 unspecified atom stereocenters. The Labute approximate surface area is 218 Å². The first kappa shape index (κ1) is 23.2. The van der Waals surface area contributed by atoms with Crippen molar-refractivity contribution in [1.29, 1.82) is 0 Å². The van der Waals surface area contributed by atoms with Crippen LogP contribution in [0.25, 0.3) is 0 Å². The minimum Gasteiger partial charge on any atom is -0.490 e. The Morgan fingerprint density at radius 3 is 2.51 bits per heavy atom. The molecule has 2 aliphatic carbocycles. The van der Waals surface area contributed by atoms with Gasteiger partial charge in [-0.2, -0.15) is 0 Å². The fraction of sp³-hybridized carbons (Fsp3) is 0.464. The molecule has 8 rings (SSSR count). The van der Waals surface area contributed by atoms with E-state index in [2.05, 4.69) is 10.6 Å². The van der Waals surface area contributed by atoms with Crippen molar-refractivity contribution >= 4 is 29.3 Å². The number of imide groups is 1. The third-order valence-electron chi connectivity index (χ3n) is 9.01. The van der Waals surface area contributed by atoms with Gasteiger partial charge in [0.1, 0.15) is 17.1 Å². The Hall–Kier alpha value is -2.97. The molecule has 4 aliphatic heterocycles. The SMILES string of the molecule is O=C1NC(=O)C2(N3Cc4cc(OC5CCCC5)c(C5NCC5c5ccc(F)cc5Cl)cc4C3=O)CC1C2. The van der Waals surface area contributed by atoms with Gasteiger partial charge in [0.15, 0.2) is 0 Å². The first-order valence-corrected chi connectivity index (χ1v) is 13.4. The van der Waals surface area contributed by atoms with Crippen molar-refractivity contribution in [1.82, 2.24) is 15.5 Å². The molecule has 5 fully saturated rings. The van der Waals surface area contributed by atoms with E-state index >= 15 is 0 Å². The lowest BCUT2D eigenvalue weighted by Gasteiger charge is -2.53. The van der Waals surface area contributed by atoms with Gasteiger partial charge in [-0.1, -0.05) is 17.7 Å². The van der Waals surface area contributed by atoms with E-state index in [4.69, 9.17) is 16.3 Å². The number of ether oxygens (including phenoxy) is 1. The van der Waals surface area contributed by atoms with Crippen LogP contribution in [0.15, 0.2) is 30.3 Å². The number of carbonyl (C=O) groups is 3. The van der Waals surface area contributed by atoms with Crippen LogP contribution in [0.5, 0.6) is 5.75 Å². The molecule has 192 valence electrons. The smallest absolute Gasteiger partial charge is 0.255 e. The number of carbonyl (C=O) groups excluding carboxylic acids is 3. The summed E-state index contributed by atoms with van der Waals surface area (Å²) in [6.45, 7) is 0.990. The van der Waals surface area contributed by atoms with E-state index < -0.39 is 5.54 Å². The molecule has 2 aromatic carbocycles. The minimum absolute atomic E-state index is 0.00537. The number of hydrogen-bond acceptors (Lipinski definition) is 5. The van der Waals surface area contributed by atoms with Crippen molar-refractivity contribution < 1.29 is 23.5 Å². The Bertz CT molecular complexity index is 1350. The van der Waals surface area contributed by atoms with Crippen LogP contribution >= 0.6 is 11.6 Å². The molecule has 2 bridgehead atoms. The number of rotatable bonds is 5. The lowest BCUT2D eigenvalue weighted by Crippen LogP contribution is -2.73. The zero-order chi connectivity index (χ0) is 25.5. The third kappa shape index (κ3) is 3.45. The fourth-order valence-corrected chi connectivity index (χ4v) is 7.11. The van der Waals surface area contributed by atoms with Gasteiger partial charge < -0.3 is 15.0 Å². The van der Waals surface area contributed by atoms with Gasteiger partial charge in [-0.15, -0.1) is 0 Å². The zero-order valence-corrected chi connectivity index (χ0v) is 20.9. The molecular weight excluding hydrogens is 497 g/mol. The van der Waals surface area contributed by atoms with Crippen molar-refractivity contribution in [3.05, 3.63) is 63.4 Å². The fourth-order valence-electron chi connectivity index (χ4n) is 6.80. The summed E-state index contributed by atoms with van der Waals surface area (Å²) in [6, 6.07) is 8.20. The van der Waals surface area contributed by atoms with Crippen LogP contribution in [0.3, 0.4) is 0 Å². The standard InChI is InChI=1S/C28H27ClFN3O4/c29-22-8-16(30)5-6-18(22)21-12-31-24(21)20-9-19-14(7-23(20)37-17-3-1-2-4-17)13-33(26(19)35)28-10-15(11-28)25(34)32-27(28)36/h5-9,15,17,21,24,31H,1-4,10-13H2,(H,32,34,36). The van der Waals surface area contributed by atoms with Crippen molar-refractivity contribution in [2.45, 2.75) is 68.7 Å². The van der Waals surface area contributed by atoms with Crippen molar-refractivity contribution in [2.75, 3.05) is 6.54 Å². The Morgan fingerprint density at radius 1 is 1.05 bits per heavy atom. The average Bonchev–Trinajstić information content (AvgIpc) is 3.42. The molecule has 6 aliphatic rings. The molecule has 3 amide bonds. The summed E-state index contributed by atoms with van der Waals surface area (Å²) in [5, 5.41) is 6.29. The molecule has 0 spiro atoms. The highest BCUT2D eigenvalue weighted by Crippen LogP contribution is 2.51. The van der Waals surface area contributed by atoms with E-state index in [9.17, 15) is 18.8 Å². The third-order valence-corrected chi connectivity index (χ3v) is 9.33. The van der Waals surface area contributed by atoms with Crippen molar-refractivity contribution in [3.63, 3.8) is 0 Å². The summed E-state index contributed by atoms with van der Waals surface area (Å²) in [5.74, 6) is -0.660. The highest BCUT2D eigenvalue weighted by atomic mass is 35.5. The molecule has 0 radical (unpaired) electrons. The van der Waals surface area contributed by atoms with Gasteiger partial charge in [-0.05, 0) is 73.9 Å². The largest absolute Gasteiger partial charge is 0.490 e. The van der Waals surface area contributed by atoms with Gasteiger partial charge in [0.05, 0.1) is 6.10 Å². The van der Waals surface area contributed by atoms with E-state index in [0.717, 1.165) is 48.1 Å². The van der Waals surface area contributed by atoms with E-state index in [-0.39, 0.29) is 47.5 Å². The van der Waals surface area contributed by atoms with Crippen LogP contribution < -0.4 is 15.4 Å². The summed E-state index contributed by atoms with van der Waals surface area (Å²) in [5.41, 5.74) is 2.17. The molecule has 9 heteroatoms. The number of benzene rings is 2.